The van der Waals surface area contributed by atoms with E-state index in [1.165, 1.54) is 16.8 Å². The van der Waals surface area contributed by atoms with Gasteiger partial charge in [-0.25, -0.2) is 4.98 Å². The van der Waals surface area contributed by atoms with Crippen molar-refractivity contribution in [2.24, 2.45) is 0 Å². The van der Waals surface area contributed by atoms with Gasteiger partial charge in [0.2, 0.25) is 0 Å². The molecule has 0 atom stereocenters. The molecule has 0 aliphatic rings. The first-order valence-corrected chi connectivity index (χ1v) is 5.58. The first-order chi connectivity index (χ1) is 7.48. The number of aromatic nitrogens is 2. The van der Waals surface area contributed by atoms with Gasteiger partial charge in [0.15, 0.2) is 0 Å². The number of imidazole rings is 1. The van der Waals surface area contributed by atoms with E-state index >= 15 is 0 Å². The van der Waals surface area contributed by atoms with Crippen LogP contribution in [0.15, 0.2) is 36.9 Å². The van der Waals surface area contributed by atoms with Gasteiger partial charge >= 0.3 is 0 Å². The van der Waals surface area contributed by atoms with E-state index in [2.05, 4.69) is 55.4 Å². The number of aryl methyl sites for hydroxylation is 1. The molecule has 0 aliphatic carbocycles. The quantitative estimate of drug-likeness (QED) is 0.710. The molecule has 16 heavy (non-hydrogen) atoms. The summed E-state index contributed by atoms with van der Waals surface area (Å²) < 4.78 is 2.08. The summed E-state index contributed by atoms with van der Waals surface area (Å²) in [7, 11) is 0. The SMILES string of the molecule is Cc1ccc(C(C)(C)C)c(-n2ccnc2)c1. The van der Waals surface area contributed by atoms with Crippen molar-refractivity contribution in [1.82, 2.24) is 9.55 Å². The van der Waals surface area contributed by atoms with E-state index in [1.54, 1.807) is 0 Å². The van der Waals surface area contributed by atoms with E-state index in [0.717, 1.165) is 0 Å². The number of benzene rings is 1. The van der Waals surface area contributed by atoms with Crippen LogP contribution in [0.4, 0.5) is 0 Å². The Morgan fingerprint density at radius 3 is 2.50 bits per heavy atom. The highest BCUT2D eigenvalue weighted by Gasteiger charge is 2.18. The molecule has 0 aliphatic heterocycles. The summed E-state index contributed by atoms with van der Waals surface area (Å²) >= 11 is 0. The predicted molar refractivity (Wildman–Crippen MR) is 67.0 cm³/mol. The minimum absolute atomic E-state index is 0.146. The third-order valence-electron chi connectivity index (χ3n) is 2.74. The second-order valence-electron chi connectivity index (χ2n) is 5.24. The van der Waals surface area contributed by atoms with Gasteiger partial charge in [-0.3, -0.25) is 0 Å². The van der Waals surface area contributed by atoms with E-state index < -0.39 is 0 Å². The van der Waals surface area contributed by atoms with Crippen LogP contribution in [-0.4, -0.2) is 9.55 Å². The van der Waals surface area contributed by atoms with Crippen molar-refractivity contribution < 1.29 is 0 Å². The lowest BCUT2D eigenvalue weighted by Crippen LogP contribution is -2.14. The van der Waals surface area contributed by atoms with Gasteiger partial charge in [-0.1, -0.05) is 32.9 Å². The summed E-state index contributed by atoms with van der Waals surface area (Å²) in [6.45, 7) is 8.82. The van der Waals surface area contributed by atoms with Crippen LogP contribution in [0.25, 0.3) is 5.69 Å². The fourth-order valence-corrected chi connectivity index (χ4v) is 1.89. The largest absolute Gasteiger partial charge is 0.306 e. The lowest BCUT2D eigenvalue weighted by molar-refractivity contribution is 0.586. The highest BCUT2D eigenvalue weighted by atomic mass is 15.0. The molecule has 84 valence electrons. The van der Waals surface area contributed by atoms with Gasteiger partial charge < -0.3 is 4.57 Å². The lowest BCUT2D eigenvalue weighted by atomic mass is 9.85. The summed E-state index contributed by atoms with van der Waals surface area (Å²) in [5, 5.41) is 0. The second kappa shape index (κ2) is 3.78. The van der Waals surface area contributed by atoms with E-state index in [9.17, 15) is 0 Å². The van der Waals surface area contributed by atoms with Crippen molar-refractivity contribution in [3.8, 4) is 5.69 Å². The Morgan fingerprint density at radius 2 is 1.94 bits per heavy atom. The second-order valence-corrected chi connectivity index (χ2v) is 5.24. The van der Waals surface area contributed by atoms with Crippen LogP contribution < -0.4 is 0 Å². The van der Waals surface area contributed by atoms with Crippen LogP contribution in [0.5, 0.6) is 0 Å². The monoisotopic (exact) mass is 214 g/mol. The Bertz CT molecular complexity index is 476. The zero-order valence-corrected chi connectivity index (χ0v) is 10.4. The summed E-state index contributed by atoms with van der Waals surface area (Å²) in [4.78, 5) is 4.11. The van der Waals surface area contributed by atoms with Crippen molar-refractivity contribution in [3.63, 3.8) is 0 Å². The zero-order valence-electron chi connectivity index (χ0n) is 10.4. The highest BCUT2D eigenvalue weighted by Crippen LogP contribution is 2.28. The van der Waals surface area contributed by atoms with Crippen LogP contribution >= 0.6 is 0 Å². The molecule has 2 rings (SSSR count). The maximum Gasteiger partial charge on any atom is 0.0991 e. The third-order valence-corrected chi connectivity index (χ3v) is 2.74. The zero-order chi connectivity index (χ0) is 11.8. The van der Waals surface area contributed by atoms with Gasteiger partial charge in [0.05, 0.1) is 12.0 Å². The van der Waals surface area contributed by atoms with E-state index in [4.69, 9.17) is 0 Å². The van der Waals surface area contributed by atoms with Gasteiger partial charge in [0.1, 0.15) is 0 Å². The van der Waals surface area contributed by atoms with Crippen LogP contribution in [-0.2, 0) is 5.41 Å². The Labute approximate surface area is 97.0 Å². The average Bonchev–Trinajstić information content (AvgIpc) is 2.68. The molecule has 0 spiro atoms. The van der Waals surface area contributed by atoms with Crippen molar-refractivity contribution in [1.29, 1.82) is 0 Å². The smallest absolute Gasteiger partial charge is 0.0991 e. The summed E-state index contributed by atoms with van der Waals surface area (Å²) in [6, 6.07) is 6.59. The highest BCUT2D eigenvalue weighted by molar-refractivity contribution is 5.47. The topological polar surface area (TPSA) is 17.8 Å². The predicted octanol–water partition coefficient (Wildman–Crippen LogP) is 3.48. The fourth-order valence-electron chi connectivity index (χ4n) is 1.89. The van der Waals surface area contributed by atoms with Gasteiger partial charge in [-0.15, -0.1) is 0 Å². The molecule has 0 fully saturated rings. The average molecular weight is 214 g/mol. The van der Waals surface area contributed by atoms with Gasteiger partial charge in [-0.2, -0.15) is 0 Å². The molecule has 0 bridgehead atoms. The lowest BCUT2D eigenvalue weighted by Gasteiger charge is -2.23. The van der Waals surface area contributed by atoms with Crippen molar-refractivity contribution >= 4 is 0 Å². The Kier molecular flexibility index (Phi) is 2.58. The number of rotatable bonds is 1. The molecule has 2 aromatic rings. The maximum atomic E-state index is 4.11. The first kappa shape index (κ1) is 10.9. The Morgan fingerprint density at radius 1 is 1.19 bits per heavy atom. The van der Waals surface area contributed by atoms with Crippen molar-refractivity contribution in [3.05, 3.63) is 48.0 Å². The third kappa shape index (κ3) is 2.01. The Balaban J connectivity index is 2.63. The molecule has 0 saturated carbocycles. The molecule has 0 radical (unpaired) electrons. The number of nitrogens with zero attached hydrogens (tertiary/aromatic N) is 2. The maximum absolute atomic E-state index is 4.11. The van der Waals surface area contributed by atoms with Gasteiger partial charge in [0.25, 0.3) is 0 Å². The molecule has 0 unspecified atom stereocenters. The first-order valence-electron chi connectivity index (χ1n) is 5.58. The van der Waals surface area contributed by atoms with Gasteiger partial charge in [-0.05, 0) is 29.5 Å². The molecule has 0 saturated heterocycles. The van der Waals surface area contributed by atoms with Crippen LogP contribution in [0, 0.1) is 6.92 Å². The van der Waals surface area contributed by atoms with E-state index in [-0.39, 0.29) is 5.41 Å². The minimum atomic E-state index is 0.146. The molecule has 1 aromatic carbocycles. The molecule has 1 aromatic heterocycles. The van der Waals surface area contributed by atoms with Crippen molar-refractivity contribution in [2.75, 3.05) is 0 Å². The molecule has 0 N–H and O–H groups in total. The minimum Gasteiger partial charge on any atom is -0.306 e. The van der Waals surface area contributed by atoms with Crippen molar-refractivity contribution in [2.45, 2.75) is 33.1 Å². The molecule has 2 nitrogen and oxygen atoms in total. The van der Waals surface area contributed by atoms with E-state index in [0.29, 0.717) is 0 Å². The van der Waals surface area contributed by atoms with Crippen LogP contribution in [0.2, 0.25) is 0 Å². The summed E-state index contributed by atoms with van der Waals surface area (Å²) in [6.07, 6.45) is 5.66. The fraction of sp³-hybridized carbons (Fsp3) is 0.357. The number of hydrogen-bond acceptors (Lipinski definition) is 1. The molecule has 1 heterocycles. The standard InChI is InChI=1S/C14H18N2/c1-11-5-6-12(14(2,3)4)13(9-11)16-8-7-15-10-16/h5-10H,1-4H3. The van der Waals surface area contributed by atoms with Gasteiger partial charge in [0, 0.05) is 12.4 Å². The molecule has 2 heteroatoms. The van der Waals surface area contributed by atoms with E-state index in [1.807, 2.05) is 18.7 Å². The van der Waals surface area contributed by atoms with Crippen LogP contribution in [0.3, 0.4) is 0 Å². The Hall–Kier alpha value is -1.57. The summed E-state index contributed by atoms with van der Waals surface area (Å²) in [5.41, 5.74) is 3.99. The normalized spacial score (nSPS) is 11.8. The molecule has 0 amide bonds. The van der Waals surface area contributed by atoms with Crippen LogP contribution in [0.1, 0.15) is 31.9 Å². The number of hydrogen-bond donors (Lipinski definition) is 0. The molecular formula is C14H18N2. The summed E-state index contributed by atoms with van der Waals surface area (Å²) in [5.74, 6) is 0. The molecular weight excluding hydrogens is 196 g/mol.